The van der Waals surface area contributed by atoms with E-state index in [9.17, 15) is 43.2 Å². The van der Waals surface area contributed by atoms with Gasteiger partial charge >= 0.3 is 23.9 Å². The lowest BCUT2D eigenvalue weighted by Gasteiger charge is -2.49. The molecule has 6 atom stereocenters. The van der Waals surface area contributed by atoms with Gasteiger partial charge in [0.05, 0.1) is 39.2 Å². The Hall–Kier alpha value is -5.74. The highest BCUT2D eigenvalue weighted by Crippen LogP contribution is 2.45. The zero-order valence-electron chi connectivity index (χ0n) is 41.1. The third-order valence-corrected chi connectivity index (χ3v) is 17.5. The number of fused-ring (bicyclic) bond motifs is 3. The predicted octanol–water partition coefficient (Wildman–Crippen LogP) is 3.26. The van der Waals surface area contributed by atoms with E-state index in [-0.39, 0.29) is 76.0 Å². The van der Waals surface area contributed by atoms with Crippen LogP contribution in [0.15, 0.2) is 74.9 Å². The zero-order chi connectivity index (χ0) is 54.0. The van der Waals surface area contributed by atoms with Crippen LogP contribution in [-0.2, 0) is 54.2 Å². The SMILES string of the molecule is CC1=C(C(=O)O)N2C(=O)C(N)C2SC1.COC(=O)C1=C(C)CSC2C(CC(=O)Cc3ccccc3)C(=O)N12.COC(=O)C1=C(C)CSC2C(N)C(=O)N12.COC(=O)c1nscc1C.Cc1csnc1C(=O)CN. The topological polar surface area (TPSA) is 315 Å². The number of ether oxygens (including phenoxy) is 3. The van der Waals surface area contributed by atoms with Gasteiger partial charge in [-0.25, -0.2) is 19.2 Å². The molecule has 6 aliphatic rings. The lowest BCUT2D eigenvalue weighted by Crippen LogP contribution is -2.68. The maximum Gasteiger partial charge on any atom is 0.358 e. The molecule has 7 N–H and O–H groups in total. The number of amides is 3. The van der Waals surface area contributed by atoms with Crippen LogP contribution in [-0.4, -0.2) is 155 Å². The second-order valence-electron chi connectivity index (χ2n) is 16.8. The quantitative estimate of drug-likeness (QED) is 0.0980. The molecule has 8 heterocycles. The molecule has 3 amide bonds. The van der Waals surface area contributed by atoms with E-state index in [4.69, 9.17) is 27.0 Å². The Morgan fingerprint density at radius 3 is 1.48 bits per heavy atom. The summed E-state index contributed by atoms with van der Waals surface area (Å²) in [6.45, 7) is 9.11. The lowest BCUT2D eigenvalue weighted by atomic mass is 9.89. The van der Waals surface area contributed by atoms with E-state index in [1.165, 1.54) is 70.9 Å². The molecule has 9 rings (SSSR count). The Labute approximate surface area is 441 Å². The van der Waals surface area contributed by atoms with Crippen molar-refractivity contribution in [1.82, 2.24) is 23.4 Å². The average Bonchev–Trinajstić information content (AvgIpc) is 4.04. The number of esters is 3. The first-order valence-corrected chi connectivity index (χ1v) is 27.0. The van der Waals surface area contributed by atoms with E-state index in [1.54, 1.807) is 30.4 Å². The Kier molecular flexibility index (Phi) is 20.7. The van der Waals surface area contributed by atoms with Gasteiger partial charge in [-0.15, -0.1) is 35.3 Å². The molecular weight excluding hydrogens is 1040 g/mol. The van der Waals surface area contributed by atoms with Gasteiger partial charge in [-0.05, 0) is 91.1 Å². The number of ketones is 2. The van der Waals surface area contributed by atoms with E-state index in [0.717, 1.165) is 33.4 Å². The molecule has 3 fully saturated rings. The van der Waals surface area contributed by atoms with Crippen molar-refractivity contribution in [1.29, 1.82) is 0 Å². The number of thioether (sulfide) groups is 3. The molecule has 2 aromatic heterocycles. The Morgan fingerprint density at radius 2 is 1.05 bits per heavy atom. The van der Waals surface area contributed by atoms with Crippen LogP contribution in [0.5, 0.6) is 0 Å². The van der Waals surface area contributed by atoms with E-state index < -0.39 is 30.0 Å². The number of nitrogens with two attached hydrogens (primary N) is 3. The van der Waals surface area contributed by atoms with Crippen LogP contribution in [0.2, 0.25) is 0 Å². The molecule has 3 aromatic rings. The van der Waals surface area contributed by atoms with E-state index >= 15 is 0 Å². The smallest absolute Gasteiger partial charge is 0.358 e. The van der Waals surface area contributed by atoms with Gasteiger partial charge in [-0.2, -0.15) is 8.75 Å². The summed E-state index contributed by atoms with van der Waals surface area (Å²) < 4.78 is 21.7. The average molecular weight is 1100 g/mol. The maximum absolute atomic E-state index is 12.5. The molecule has 0 aliphatic carbocycles. The number of Topliss-reactive ketones (excluding diaryl/α,β-unsaturated/α-hetero) is 2. The van der Waals surface area contributed by atoms with Crippen LogP contribution in [0.25, 0.3) is 0 Å². The number of carbonyl (C=O) groups is 9. The zero-order valence-corrected chi connectivity index (χ0v) is 45.2. The number of carboxylic acid groups (broad SMARTS) is 1. The van der Waals surface area contributed by atoms with Crippen molar-refractivity contribution >= 4 is 112 Å². The highest BCUT2D eigenvalue weighted by Gasteiger charge is 2.54. The summed E-state index contributed by atoms with van der Waals surface area (Å²) >= 11 is 7.23. The van der Waals surface area contributed by atoms with E-state index in [0.29, 0.717) is 46.5 Å². The summed E-state index contributed by atoms with van der Waals surface area (Å²) in [4.78, 5) is 108. The van der Waals surface area contributed by atoms with Gasteiger partial charge in [-0.1, -0.05) is 30.3 Å². The summed E-state index contributed by atoms with van der Waals surface area (Å²) in [5.41, 5.74) is 23.3. The second-order valence-corrected chi connectivity index (χ2v) is 21.4. The summed E-state index contributed by atoms with van der Waals surface area (Å²) in [6, 6.07) is 8.49. The van der Waals surface area contributed by atoms with Crippen molar-refractivity contribution in [2.45, 2.75) is 75.7 Å². The molecule has 0 spiro atoms. The number of aliphatic carboxylic acids is 1. The van der Waals surface area contributed by atoms with Crippen LogP contribution in [0.3, 0.4) is 0 Å². The van der Waals surface area contributed by atoms with Crippen molar-refractivity contribution in [3.63, 3.8) is 0 Å². The van der Waals surface area contributed by atoms with Gasteiger partial charge in [0.1, 0.15) is 51.4 Å². The Bertz CT molecular complexity index is 2690. The summed E-state index contributed by atoms with van der Waals surface area (Å²) in [6.07, 6.45) is 0.552. The van der Waals surface area contributed by atoms with E-state index in [1.807, 2.05) is 68.8 Å². The van der Waals surface area contributed by atoms with Crippen molar-refractivity contribution in [3.8, 4) is 0 Å². The first kappa shape index (κ1) is 58.2. The standard InChI is InChI=1S/C18H19NO4S.C9H12N2O3S.C8H10N2O3S.C6H8N2OS.C6H7NO2S/c1-11-10-24-17-14(16(21)19(17)15(11)18(22)23-2)9-13(20)8-12-6-4-3-5-7-12;1-4-3-15-8-5(10)7(12)11(8)6(4)9(13)14-2;1-3-2-14-7-4(9)6(11)10(7)5(3)8(12)13;1-4-3-10-8-6(4)5(9)2-7;1-4-3-10-7-5(4)6(8)9-2/h3-7,14,17H,8-10H2,1-2H3;5,8H,3,10H2,1-2H3;4,7H,2,9H2,1H3,(H,12,13);3H,2,7H2,1H3;3H,1-2H3. The number of hydrogen-bond donors (Lipinski definition) is 4. The predicted molar refractivity (Wildman–Crippen MR) is 277 cm³/mol. The molecule has 392 valence electrons. The van der Waals surface area contributed by atoms with Crippen LogP contribution in [0, 0.1) is 19.8 Å². The maximum atomic E-state index is 12.5. The second kappa shape index (κ2) is 26.0. The molecular formula is C47H56N8O13S5. The number of rotatable bonds is 10. The number of aromatic nitrogens is 2. The number of benzene rings is 1. The van der Waals surface area contributed by atoms with Crippen LogP contribution in [0.1, 0.15) is 64.9 Å². The molecule has 73 heavy (non-hydrogen) atoms. The Balaban J connectivity index is 0.000000177. The van der Waals surface area contributed by atoms with E-state index in [2.05, 4.69) is 18.2 Å². The largest absolute Gasteiger partial charge is 0.477 e. The number of hydrogen-bond acceptors (Lipinski definition) is 22. The summed E-state index contributed by atoms with van der Waals surface area (Å²) in [5.74, 6) is -1.38. The molecule has 0 bridgehead atoms. The van der Waals surface area contributed by atoms with Crippen LogP contribution >= 0.6 is 58.4 Å². The fourth-order valence-corrected chi connectivity index (χ4v) is 13.0. The Morgan fingerprint density at radius 1 is 0.630 bits per heavy atom. The first-order chi connectivity index (χ1) is 34.6. The molecule has 0 radical (unpaired) electrons. The third kappa shape index (κ3) is 13.0. The highest BCUT2D eigenvalue weighted by atomic mass is 32.2. The van der Waals surface area contributed by atoms with Gasteiger partial charge in [-0.3, -0.25) is 38.7 Å². The fraction of sp³-hybridized carbons (Fsp3) is 0.426. The van der Waals surface area contributed by atoms with Gasteiger partial charge in [0.2, 0.25) is 17.7 Å². The van der Waals surface area contributed by atoms with Gasteiger partial charge in [0.15, 0.2) is 11.5 Å². The molecule has 6 aliphatic heterocycles. The molecule has 1 aromatic carbocycles. The number of aryl methyl sites for hydroxylation is 2. The number of carbonyl (C=O) groups excluding carboxylic acids is 8. The lowest BCUT2D eigenvalue weighted by molar-refractivity contribution is -0.154. The van der Waals surface area contributed by atoms with Gasteiger partial charge < -0.3 is 36.5 Å². The van der Waals surface area contributed by atoms with Crippen molar-refractivity contribution in [2.24, 2.45) is 23.1 Å². The number of carboxylic acids is 1. The van der Waals surface area contributed by atoms with Gasteiger partial charge in [0.25, 0.3) is 0 Å². The molecule has 0 saturated carbocycles. The number of nitrogens with zero attached hydrogens (tertiary/aromatic N) is 5. The van der Waals surface area contributed by atoms with Crippen molar-refractivity contribution in [2.75, 3.05) is 45.1 Å². The minimum atomic E-state index is -1.05. The molecule has 3 saturated heterocycles. The van der Waals surface area contributed by atoms with Gasteiger partial charge in [0, 0.05) is 40.9 Å². The van der Waals surface area contributed by atoms with Crippen LogP contribution < -0.4 is 17.2 Å². The normalized spacial score (nSPS) is 22.2. The monoisotopic (exact) mass is 1100 g/mol. The number of β-lactam (4-membered cyclic amide) rings is 3. The minimum absolute atomic E-state index is 0.0462. The number of methoxy groups -OCH3 is 3. The third-order valence-electron chi connectivity index (χ3n) is 11.6. The highest BCUT2D eigenvalue weighted by molar-refractivity contribution is 8.00. The first-order valence-electron chi connectivity index (χ1n) is 22.2. The summed E-state index contributed by atoms with van der Waals surface area (Å²) in [7, 11) is 3.97. The minimum Gasteiger partial charge on any atom is -0.477 e. The molecule has 21 nitrogen and oxygen atoms in total. The van der Waals surface area contributed by atoms with Crippen molar-refractivity contribution in [3.05, 3.63) is 103 Å². The van der Waals surface area contributed by atoms with Crippen molar-refractivity contribution < 1.29 is 62.5 Å². The molecule has 6 unspecified atom stereocenters. The summed E-state index contributed by atoms with van der Waals surface area (Å²) in [5, 5.41) is 12.2. The van der Waals surface area contributed by atoms with Crippen LogP contribution in [0.4, 0.5) is 0 Å². The molecule has 26 heteroatoms. The fourth-order valence-electron chi connectivity index (χ4n) is 7.80.